The van der Waals surface area contributed by atoms with Gasteiger partial charge < -0.3 is 10.3 Å². The van der Waals surface area contributed by atoms with E-state index in [9.17, 15) is 8.78 Å². The lowest BCUT2D eigenvalue weighted by atomic mass is 10.2. The van der Waals surface area contributed by atoms with Gasteiger partial charge in [0.05, 0.1) is 11.1 Å². The first-order valence-electron chi connectivity index (χ1n) is 5.67. The lowest BCUT2D eigenvalue weighted by Crippen LogP contribution is -1.91. The lowest BCUT2D eigenvalue weighted by molar-refractivity contribution is 0.585. The van der Waals surface area contributed by atoms with Crippen LogP contribution >= 0.6 is 0 Å². The zero-order valence-corrected chi connectivity index (χ0v) is 10.0. The quantitative estimate of drug-likeness (QED) is 0.744. The van der Waals surface area contributed by atoms with Crippen molar-refractivity contribution in [3.05, 3.63) is 42.0 Å². The lowest BCUT2D eigenvalue weighted by Gasteiger charge is -1.98. The van der Waals surface area contributed by atoms with Gasteiger partial charge in [-0.05, 0) is 24.3 Å². The predicted octanol–water partition coefficient (Wildman–Crippen LogP) is 2.94. The maximum atomic E-state index is 13.7. The molecule has 1 aromatic carbocycles. The van der Waals surface area contributed by atoms with Gasteiger partial charge in [0.1, 0.15) is 23.3 Å². The Morgan fingerprint density at radius 1 is 1.11 bits per heavy atom. The molecule has 0 aliphatic rings. The van der Waals surface area contributed by atoms with E-state index in [2.05, 4.69) is 20.3 Å². The number of nitrogens with one attached hydrogen (secondary N) is 2. The molecule has 2 heterocycles. The topological polar surface area (TPSA) is 53.6 Å². The van der Waals surface area contributed by atoms with Gasteiger partial charge in [0, 0.05) is 13.1 Å². The van der Waals surface area contributed by atoms with Gasteiger partial charge in [-0.1, -0.05) is 0 Å². The molecule has 2 aromatic heterocycles. The average Bonchev–Trinajstić information content (AvgIpc) is 2.80. The number of aromatic nitrogens is 3. The molecule has 6 heteroatoms. The van der Waals surface area contributed by atoms with E-state index in [0.717, 1.165) is 6.07 Å². The summed E-state index contributed by atoms with van der Waals surface area (Å²) in [5.74, 6) is -0.278. The molecule has 0 spiro atoms. The zero-order valence-electron chi connectivity index (χ0n) is 10.0. The molecule has 0 bridgehead atoms. The summed E-state index contributed by atoms with van der Waals surface area (Å²) in [7, 11) is 1.75. The first-order valence-corrected chi connectivity index (χ1v) is 5.67. The van der Waals surface area contributed by atoms with Crippen LogP contribution in [0.15, 0.2) is 30.3 Å². The Hall–Kier alpha value is -2.50. The highest BCUT2D eigenvalue weighted by Gasteiger charge is 2.11. The van der Waals surface area contributed by atoms with Gasteiger partial charge in [-0.25, -0.2) is 18.7 Å². The van der Waals surface area contributed by atoms with E-state index in [0.29, 0.717) is 22.8 Å². The number of benzene rings is 1. The number of hydrogen-bond donors (Lipinski definition) is 2. The Morgan fingerprint density at radius 2 is 1.95 bits per heavy atom. The average molecular weight is 260 g/mol. The van der Waals surface area contributed by atoms with Crippen LogP contribution in [-0.2, 0) is 0 Å². The highest BCUT2D eigenvalue weighted by Crippen LogP contribution is 2.23. The Bertz CT molecular complexity index is 751. The molecule has 3 rings (SSSR count). The summed E-state index contributed by atoms with van der Waals surface area (Å²) < 4.78 is 26.6. The number of H-pyrrole nitrogens is 1. The number of aromatic amines is 1. The van der Waals surface area contributed by atoms with Gasteiger partial charge >= 0.3 is 0 Å². The summed E-state index contributed by atoms with van der Waals surface area (Å²) in [6.07, 6.45) is 0. The largest absolute Gasteiger partial charge is 0.373 e. The van der Waals surface area contributed by atoms with E-state index >= 15 is 0 Å². The fourth-order valence-corrected chi connectivity index (χ4v) is 1.84. The van der Waals surface area contributed by atoms with Gasteiger partial charge in [-0.15, -0.1) is 0 Å². The number of halogens is 2. The van der Waals surface area contributed by atoms with E-state index in [1.165, 1.54) is 12.1 Å². The van der Waals surface area contributed by atoms with Crippen molar-refractivity contribution in [3.8, 4) is 11.4 Å². The highest BCUT2D eigenvalue weighted by molar-refractivity contribution is 5.77. The van der Waals surface area contributed by atoms with E-state index in [4.69, 9.17) is 0 Å². The van der Waals surface area contributed by atoms with Crippen LogP contribution in [0.3, 0.4) is 0 Å². The molecule has 0 aliphatic carbocycles. The number of hydrogen-bond acceptors (Lipinski definition) is 3. The Kier molecular flexibility index (Phi) is 2.63. The van der Waals surface area contributed by atoms with Crippen molar-refractivity contribution in [1.29, 1.82) is 0 Å². The minimum absolute atomic E-state index is 0.213. The third-order valence-electron chi connectivity index (χ3n) is 2.79. The summed E-state index contributed by atoms with van der Waals surface area (Å²) in [6, 6.07) is 6.95. The van der Waals surface area contributed by atoms with E-state index < -0.39 is 11.6 Å². The van der Waals surface area contributed by atoms with Crippen LogP contribution in [-0.4, -0.2) is 22.0 Å². The minimum Gasteiger partial charge on any atom is -0.373 e. The zero-order chi connectivity index (χ0) is 13.4. The van der Waals surface area contributed by atoms with E-state index in [1.807, 2.05) is 0 Å². The fraction of sp³-hybridized carbons (Fsp3) is 0.0769. The van der Waals surface area contributed by atoms with Gasteiger partial charge in [0.2, 0.25) is 0 Å². The number of rotatable bonds is 2. The van der Waals surface area contributed by atoms with Crippen molar-refractivity contribution in [3.63, 3.8) is 0 Å². The first kappa shape index (κ1) is 11.6. The highest BCUT2D eigenvalue weighted by atomic mass is 19.1. The fourth-order valence-electron chi connectivity index (χ4n) is 1.84. The Balaban J connectivity index is 2.14. The smallest absolute Gasteiger partial charge is 0.180 e. The molecule has 0 saturated heterocycles. The number of fused-ring (bicyclic) bond motifs is 1. The minimum atomic E-state index is -0.659. The number of pyridine rings is 1. The molecule has 0 unspecified atom stereocenters. The van der Waals surface area contributed by atoms with Crippen molar-refractivity contribution in [2.75, 3.05) is 12.4 Å². The van der Waals surface area contributed by atoms with Crippen molar-refractivity contribution in [2.24, 2.45) is 0 Å². The molecule has 0 atom stereocenters. The molecule has 0 amide bonds. The van der Waals surface area contributed by atoms with Crippen LogP contribution in [0.2, 0.25) is 0 Å². The third kappa shape index (κ3) is 2.01. The second-order valence-corrected chi connectivity index (χ2v) is 4.03. The van der Waals surface area contributed by atoms with Crippen LogP contribution < -0.4 is 5.32 Å². The third-order valence-corrected chi connectivity index (χ3v) is 2.79. The second-order valence-electron chi connectivity index (χ2n) is 4.03. The second kappa shape index (κ2) is 4.31. The molecule has 2 N–H and O–H groups in total. The summed E-state index contributed by atoms with van der Waals surface area (Å²) >= 11 is 0. The van der Waals surface area contributed by atoms with Crippen LogP contribution in [0.1, 0.15) is 0 Å². The monoisotopic (exact) mass is 260 g/mol. The maximum Gasteiger partial charge on any atom is 0.180 e. The molecular weight excluding hydrogens is 250 g/mol. The molecule has 96 valence electrons. The molecule has 0 fully saturated rings. The van der Waals surface area contributed by atoms with Crippen molar-refractivity contribution >= 4 is 17.0 Å². The van der Waals surface area contributed by atoms with Crippen LogP contribution in [0.25, 0.3) is 22.6 Å². The van der Waals surface area contributed by atoms with Gasteiger partial charge in [-0.2, -0.15) is 0 Å². The normalized spacial score (nSPS) is 10.9. The maximum absolute atomic E-state index is 13.7. The molecule has 4 nitrogen and oxygen atoms in total. The van der Waals surface area contributed by atoms with Gasteiger partial charge in [0.25, 0.3) is 0 Å². The first-order chi connectivity index (χ1) is 9.17. The van der Waals surface area contributed by atoms with Crippen LogP contribution in [0.5, 0.6) is 0 Å². The summed E-state index contributed by atoms with van der Waals surface area (Å²) in [6.45, 7) is 0. The van der Waals surface area contributed by atoms with Crippen molar-refractivity contribution < 1.29 is 8.78 Å². The molecule has 0 aliphatic heterocycles. The molecule has 0 radical (unpaired) electrons. The van der Waals surface area contributed by atoms with Gasteiger partial charge in [-0.3, -0.25) is 0 Å². The molecule has 3 aromatic rings. The predicted molar refractivity (Wildman–Crippen MR) is 68.8 cm³/mol. The SMILES string of the molecule is CNc1ccc2[nH]c(-c3ccc(F)cc3F)nc2n1. The molecule has 19 heavy (non-hydrogen) atoms. The summed E-state index contributed by atoms with van der Waals surface area (Å²) in [4.78, 5) is 11.4. The summed E-state index contributed by atoms with van der Waals surface area (Å²) in [5.41, 5.74) is 1.38. The van der Waals surface area contributed by atoms with Crippen LogP contribution in [0, 0.1) is 11.6 Å². The number of anilines is 1. The summed E-state index contributed by atoms with van der Waals surface area (Å²) in [5, 5.41) is 2.90. The number of nitrogens with zero attached hydrogens (tertiary/aromatic N) is 2. The Labute approximate surface area is 107 Å². The van der Waals surface area contributed by atoms with Gasteiger partial charge in [0.15, 0.2) is 5.65 Å². The number of imidazole rings is 1. The van der Waals surface area contributed by atoms with Crippen molar-refractivity contribution in [1.82, 2.24) is 15.0 Å². The Morgan fingerprint density at radius 3 is 2.68 bits per heavy atom. The molecule has 0 saturated carbocycles. The van der Waals surface area contributed by atoms with E-state index in [1.54, 1.807) is 19.2 Å². The standard InChI is InChI=1S/C13H10F2N4/c1-16-11-5-4-10-13(18-11)19-12(17-10)8-3-2-7(14)6-9(8)15/h2-6H,1H3,(H2,16,17,18,19). The van der Waals surface area contributed by atoms with E-state index in [-0.39, 0.29) is 5.56 Å². The van der Waals surface area contributed by atoms with Crippen LogP contribution in [0.4, 0.5) is 14.6 Å². The van der Waals surface area contributed by atoms with Crippen molar-refractivity contribution in [2.45, 2.75) is 0 Å². The molecular formula is C13H10F2N4.